The summed E-state index contributed by atoms with van der Waals surface area (Å²) in [5.74, 6) is 0.520. The molecule has 7 heteroatoms. The third-order valence-corrected chi connectivity index (χ3v) is 5.06. The van der Waals surface area contributed by atoms with Crippen LogP contribution in [0.1, 0.15) is 26.8 Å². The van der Waals surface area contributed by atoms with Crippen molar-refractivity contribution in [3.8, 4) is 0 Å². The molecule has 0 aliphatic carbocycles. The van der Waals surface area contributed by atoms with Crippen molar-refractivity contribution in [2.45, 2.75) is 24.5 Å². The van der Waals surface area contributed by atoms with E-state index >= 15 is 0 Å². The monoisotopic (exact) mass is 319 g/mol. The molecular formula is C14H13N3O2S2. The maximum absolute atomic E-state index is 10.9. The molecule has 0 radical (unpaired) electrons. The highest BCUT2D eigenvalue weighted by Gasteiger charge is 2.09. The van der Waals surface area contributed by atoms with Gasteiger partial charge >= 0.3 is 5.97 Å². The molecule has 108 valence electrons. The third-order valence-electron chi connectivity index (χ3n) is 2.98. The fourth-order valence-corrected chi connectivity index (χ4v) is 3.80. The van der Waals surface area contributed by atoms with Crippen LogP contribution in [0.2, 0.25) is 0 Å². The molecule has 0 aromatic carbocycles. The van der Waals surface area contributed by atoms with Gasteiger partial charge in [-0.3, -0.25) is 4.40 Å². The molecule has 0 bridgehead atoms. The molecule has 3 rings (SSSR count). The number of carboxylic acid groups (broad SMARTS) is 1. The molecular weight excluding hydrogens is 306 g/mol. The molecule has 0 saturated heterocycles. The molecule has 21 heavy (non-hydrogen) atoms. The van der Waals surface area contributed by atoms with Gasteiger partial charge in [-0.25, -0.2) is 14.8 Å². The Morgan fingerprint density at radius 1 is 1.38 bits per heavy atom. The van der Waals surface area contributed by atoms with E-state index in [2.05, 4.69) is 9.97 Å². The van der Waals surface area contributed by atoms with Crippen molar-refractivity contribution in [2.24, 2.45) is 0 Å². The Kier molecular flexibility index (Phi) is 3.69. The van der Waals surface area contributed by atoms with Crippen molar-refractivity contribution < 1.29 is 9.90 Å². The number of imidazole rings is 1. The minimum atomic E-state index is -0.880. The second kappa shape index (κ2) is 5.50. The lowest BCUT2D eigenvalue weighted by atomic mass is 10.3. The van der Waals surface area contributed by atoms with Crippen molar-refractivity contribution in [3.05, 3.63) is 45.7 Å². The van der Waals surface area contributed by atoms with E-state index in [9.17, 15) is 4.79 Å². The van der Waals surface area contributed by atoms with Crippen LogP contribution in [0.5, 0.6) is 0 Å². The Bertz CT molecular complexity index is 823. The second-order valence-corrected chi connectivity index (χ2v) is 6.64. The molecule has 0 fully saturated rings. The molecule has 0 amide bonds. The fraction of sp³-hybridized carbons (Fsp3) is 0.214. The van der Waals surface area contributed by atoms with Gasteiger partial charge in [0.15, 0.2) is 0 Å². The van der Waals surface area contributed by atoms with E-state index in [1.165, 1.54) is 11.3 Å². The highest BCUT2D eigenvalue weighted by molar-refractivity contribution is 7.98. The number of thiophene rings is 1. The molecule has 1 N–H and O–H groups in total. The minimum Gasteiger partial charge on any atom is -0.477 e. The zero-order chi connectivity index (χ0) is 15.0. The number of hydrogen-bond donors (Lipinski definition) is 1. The van der Waals surface area contributed by atoms with Crippen LogP contribution in [-0.4, -0.2) is 25.4 Å². The topological polar surface area (TPSA) is 67.5 Å². The molecule has 0 aliphatic rings. The van der Waals surface area contributed by atoms with Crippen LogP contribution in [0.15, 0.2) is 28.6 Å². The number of aryl methyl sites for hydroxylation is 2. The van der Waals surface area contributed by atoms with Crippen LogP contribution in [0.3, 0.4) is 0 Å². The highest BCUT2D eigenvalue weighted by atomic mass is 32.2. The van der Waals surface area contributed by atoms with Gasteiger partial charge in [0.25, 0.3) is 0 Å². The average Bonchev–Trinajstić information content (AvgIpc) is 3.02. The van der Waals surface area contributed by atoms with Gasteiger partial charge < -0.3 is 5.11 Å². The Balaban J connectivity index is 1.78. The van der Waals surface area contributed by atoms with Gasteiger partial charge in [0.05, 0.1) is 5.69 Å². The first kappa shape index (κ1) is 14.1. The molecule has 0 saturated carbocycles. The molecule has 0 unspecified atom stereocenters. The summed E-state index contributed by atoms with van der Waals surface area (Å²) in [4.78, 5) is 21.1. The number of carbonyl (C=O) groups is 1. The van der Waals surface area contributed by atoms with E-state index in [0.717, 1.165) is 22.0 Å². The number of aromatic nitrogens is 3. The lowest BCUT2D eigenvalue weighted by Crippen LogP contribution is -1.94. The van der Waals surface area contributed by atoms with Gasteiger partial charge in [0, 0.05) is 33.6 Å². The number of hydrogen-bond acceptors (Lipinski definition) is 5. The standard InChI is InChI=1S/C14H13N3O2S2/c1-8-3-9(2)17-5-10(16-14(17)15-8)6-20-11-4-12(13(18)19)21-7-11/h3-5,7H,6H2,1-2H3,(H,18,19). The summed E-state index contributed by atoms with van der Waals surface area (Å²) in [6.45, 7) is 3.98. The van der Waals surface area contributed by atoms with Crippen molar-refractivity contribution in [2.75, 3.05) is 0 Å². The number of fused-ring (bicyclic) bond motifs is 1. The summed E-state index contributed by atoms with van der Waals surface area (Å²) < 4.78 is 1.97. The number of nitrogens with zero attached hydrogens (tertiary/aromatic N) is 3. The van der Waals surface area contributed by atoms with Gasteiger partial charge in [0.2, 0.25) is 5.78 Å². The predicted molar refractivity (Wildman–Crippen MR) is 83.3 cm³/mol. The van der Waals surface area contributed by atoms with Gasteiger partial charge in [-0.1, -0.05) is 0 Å². The summed E-state index contributed by atoms with van der Waals surface area (Å²) in [7, 11) is 0. The Morgan fingerprint density at radius 3 is 2.90 bits per heavy atom. The highest BCUT2D eigenvalue weighted by Crippen LogP contribution is 2.27. The first-order valence-corrected chi connectivity index (χ1v) is 8.16. The van der Waals surface area contributed by atoms with Crippen molar-refractivity contribution in [1.29, 1.82) is 0 Å². The van der Waals surface area contributed by atoms with Crippen LogP contribution in [0, 0.1) is 13.8 Å². The molecule has 3 aromatic heterocycles. The zero-order valence-corrected chi connectivity index (χ0v) is 13.2. The third kappa shape index (κ3) is 2.93. The molecule has 3 heterocycles. The number of aromatic carboxylic acids is 1. The Labute approximate surface area is 129 Å². The summed E-state index contributed by atoms with van der Waals surface area (Å²) in [6, 6.07) is 3.71. The van der Waals surface area contributed by atoms with Crippen LogP contribution >= 0.6 is 23.1 Å². The second-order valence-electron chi connectivity index (χ2n) is 4.68. The molecule has 0 atom stereocenters. The minimum absolute atomic E-state index is 0.362. The smallest absolute Gasteiger partial charge is 0.345 e. The lowest BCUT2D eigenvalue weighted by Gasteiger charge is -1.98. The van der Waals surface area contributed by atoms with Crippen molar-refractivity contribution in [3.63, 3.8) is 0 Å². The summed E-state index contributed by atoms with van der Waals surface area (Å²) in [5, 5.41) is 10.8. The first-order chi connectivity index (χ1) is 10.0. The van der Waals surface area contributed by atoms with Gasteiger partial charge in [-0.05, 0) is 26.0 Å². The Hall–Kier alpha value is -1.86. The summed E-state index contributed by atoms with van der Waals surface area (Å²) in [6.07, 6.45) is 1.98. The normalized spacial score (nSPS) is 11.1. The molecule has 3 aromatic rings. The molecule has 5 nitrogen and oxygen atoms in total. The lowest BCUT2D eigenvalue weighted by molar-refractivity contribution is 0.0702. The largest absolute Gasteiger partial charge is 0.477 e. The summed E-state index contributed by atoms with van der Waals surface area (Å²) in [5.41, 5.74) is 2.99. The number of carboxylic acids is 1. The van der Waals surface area contributed by atoms with Gasteiger partial charge in [-0.2, -0.15) is 0 Å². The van der Waals surface area contributed by atoms with Crippen molar-refractivity contribution in [1.82, 2.24) is 14.4 Å². The quantitative estimate of drug-likeness (QED) is 0.747. The van der Waals surface area contributed by atoms with E-state index in [0.29, 0.717) is 16.4 Å². The molecule has 0 spiro atoms. The Morgan fingerprint density at radius 2 is 2.19 bits per heavy atom. The maximum Gasteiger partial charge on any atom is 0.345 e. The fourth-order valence-electron chi connectivity index (χ4n) is 2.05. The molecule has 0 aliphatic heterocycles. The van der Waals surface area contributed by atoms with Crippen LogP contribution in [-0.2, 0) is 5.75 Å². The van der Waals surface area contributed by atoms with Crippen LogP contribution < -0.4 is 0 Å². The van der Waals surface area contributed by atoms with Gasteiger partial charge in [0.1, 0.15) is 4.88 Å². The van der Waals surface area contributed by atoms with Gasteiger partial charge in [-0.15, -0.1) is 23.1 Å². The maximum atomic E-state index is 10.9. The van der Waals surface area contributed by atoms with E-state index in [1.807, 2.05) is 35.9 Å². The SMILES string of the molecule is Cc1cc(C)n2cc(CSc3csc(C(=O)O)c3)nc2n1. The summed E-state index contributed by atoms with van der Waals surface area (Å²) >= 11 is 2.82. The predicted octanol–water partition coefficient (Wildman–Crippen LogP) is 3.40. The van der Waals surface area contributed by atoms with E-state index in [1.54, 1.807) is 17.8 Å². The van der Waals surface area contributed by atoms with E-state index in [-0.39, 0.29) is 0 Å². The number of thioether (sulfide) groups is 1. The zero-order valence-electron chi connectivity index (χ0n) is 11.5. The average molecular weight is 319 g/mol. The first-order valence-electron chi connectivity index (χ1n) is 6.30. The van der Waals surface area contributed by atoms with Crippen LogP contribution in [0.25, 0.3) is 5.78 Å². The van der Waals surface area contributed by atoms with Crippen LogP contribution in [0.4, 0.5) is 0 Å². The van der Waals surface area contributed by atoms with Crippen molar-refractivity contribution >= 4 is 34.8 Å². The number of rotatable bonds is 4. The van der Waals surface area contributed by atoms with E-state index < -0.39 is 5.97 Å². The van der Waals surface area contributed by atoms with E-state index in [4.69, 9.17) is 5.11 Å².